The Morgan fingerprint density at radius 2 is 2.09 bits per heavy atom. The van der Waals surface area contributed by atoms with Gasteiger partial charge < -0.3 is 15.6 Å². The van der Waals surface area contributed by atoms with Crippen LogP contribution in [-0.4, -0.2) is 33.3 Å². The van der Waals surface area contributed by atoms with Crippen LogP contribution in [0.2, 0.25) is 0 Å². The van der Waals surface area contributed by atoms with Crippen molar-refractivity contribution in [1.82, 2.24) is 20.1 Å². The molecular formula is C15H27Cl2N5O. The minimum atomic E-state index is 0. The van der Waals surface area contributed by atoms with Gasteiger partial charge in [-0.05, 0) is 31.1 Å². The number of nitrogens with zero attached hydrogens (tertiary/aromatic N) is 3. The van der Waals surface area contributed by atoms with Gasteiger partial charge in [-0.15, -0.1) is 35.0 Å². The third-order valence-corrected chi connectivity index (χ3v) is 5.10. The molecule has 1 amide bonds. The van der Waals surface area contributed by atoms with Gasteiger partial charge in [0.25, 0.3) is 0 Å². The minimum Gasteiger partial charge on any atom is -0.354 e. The van der Waals surface area contributed by atoms with E-state index in [4.69, 9.17) is 5.73 Å². The second kappa shape index (κ2) is 8.31. The van der Waals surface area contributed by atoms with Crippen molar-refractivity contribution in [3.05, 3.63) is 12.2 Å². The Labute approximate surface area is 149 Å². The number of fused-ring (bicyclic) bond motifs is 2. The standard InChI is InChI=1S/C15H25N5O.2ClH/c1-9(2)14-19-18-8-20(14)6-5-17-15(21)12-10-3-4-11(7-10)13(12)16;;/h8-13H,3-7,16H2,1-2H3,(H,17,21);2*1H. The molecule has 6 nitrogen and oxygen atoms in total. The van der Waals surface area contributed by atoms with Crippen molar-refractivity contribution >= 4 is 30.7 Å². The second-order valence-electron chi connectivity index (χ2n) is 6.76. The minimum absolute atomic E-state index is 0. The molecule has 2 bridgehead atoms. The summed E-state index contributed by atoms with van der Waals surface area (Å²) in [5, 5.41) is 11.1. The molecule has 132 valence electrons. The first-order valence-corrected chi connectivity index (χ1v) is 7.99. The molecule has 0 saturated heterocycles. The van der Waals surface area contributed by atoms with Crippen LogP contribution in [0, 0.1) is 17.8 Å². The number of hydrogen-bond donors (Lipinski definition) is 2. The fourth-order valence-corrected chi connectivity index (χ4v) is 4.03. The highest BCUT2D eigenvalue weighted by Crippen LogP contribution is 2.47. The van der Waals surface area contributed by atoms with Crippen molar-refractivity contribution in [3.63, 3.8) is 0 Å². The van der Waals surface area contributed by atoms with Crippen molar-refractivity contribution in [2.75, 3.05) is 6.54 Å². The molecule has 3 rings (SSSR count). The largest absolute Gasteiger partial charge is 0.354 e. The maximum atomic E-state index is 12.4. The van der Waals surface area contributed by atoms with Crippen LogP contribution in [-0.2, 0) is 11.3 Å². The molecule has 8 heteroatoms. The highest BCUT2D eigenvalue weighted by molar-refractivity contribution is 5.85. The highest BCUT2D eigenvalue weighted by Gasteiger charge is 2.48. The fourth-order valence-electron chi connectivity index (χ4n) is 4.03. The van der Waals surface area contributed by atoms with Crippen LogP contribution >= 0.6 is 24.8 Å². The van der Waals surface area contributed by atoms with E-state index in [9.17, 15) is 4.79 Å². The summed E-state index contributed by atoms with van der Waals surface area (Å²) in [6, 6.07) is 0.0601. The third kappa shape index (κ3) is 3.98. The van der Waals surface area contributed by atoms with Gasteiger partial charge in [0.05, 0.1) is 5.92 Å². The molecule has 1 aromatic heterocycles. The first kappa shape index (κ1) is 20.2. The summed E-state index contributed by atoms with van der Waals surface area (Å²) in [5.74, 6) is 2.52. The Hall–Kier alpha value is -0.850. The van der Waals surface area contributed by atoms with E-state index in [1.807, 2.05) is 4.57 Å². The Bertz CT molecular complexity index is 520. The average molecular weight is 364 g/mol. The van der Waals surface area contributed by atoms with Crippen molar-refractivity contribution in [1.29, 1.82) is 0 Å². The summed E-state index contributed by atoms with van der Waals surface area (Å²) in [6.07, 6.45) is 5.24. The van der Waals surface area contributed by atoms with Crippen LogP contribution in [0.15, 0.2) is 6.33 Å². The summed E-state index contributed by atoms with van der Waals surface area (Å²) in [4.78, 5) is 12.4. The molecule has 0 aliphatic heterocycles. The number of nitrogens with one attached hydrogen (secondary N) is 1. The number of amides is 1. The molecule has 0 aromatic carbocycles. The molecule has 4 unspecified atom stereocenters. The monoisotopic (exact) mass is 363 g/mol. The Kier molecular flexibility index (Phi) is 7.29. The number of rotatable bonds is 5. The van der Waals surface area contributed by atoms with E-state index in [-0.39, 0.29) is 42.7 Å². The number of hydrogen-bond acceptors (Lipinski definition) is 4. The second-order valence-corrected chi connectivity index (χ2v) is 6.76. The zero-order valence-electron chi connectivity index (χ0n) is 13.6. The summed E-state index contributed by atoms with van der Waals surface area (Å²) >= 11 is 0. The number of carbonyl (C=O) groups excluding carboxylic acids is 1. The van der Waals surface area contributed by atoms with Gasteiger partial charge in [0, 0.05) is 25.0 Å². The normalized spacial score (nSPS) is 28.3. The Morgan fingerprint density at radius 1 is 1.39 bits per heavy atom. The predicted molar refractivity (Wildman–Crippen MR) is 93.9 cm³/mol. The van der Waals surface area contributed by atoms with Crippen molar-refractivity contribution < 1.29 is 4.79 Å². The summed E-state index contributed by atoms with van der Waals surface area (Å²) in [5.41, 5.74) is 6.21. The van der Waals surface area contributed by atoms with Crippen LogP contribution < -0.4 is 11.1 Å². The van der Waals surface area contributed by atoms with Gasteiger partial charge in [0.15, 0.2) is 0 Å². The van der Waals surface area contributed by atoms with E-state index in [0.29, 0.717) is 30.8 Å². The third-order valence-electron chi connectivity index (χ3n) is 5.10. The van der Waals surface area contributed by atoms with Crippen LogP contribution in [0.4, 0.5) is 0 Å². The molecule has 0 spiro atoms. The molecular weight excluding hydrogens is 337 g/mol. The lowest BCUT2D eigenvalue weighted by Crippen LogP contribution is -2.45. The Morgan fingerprint density at radius 3 is 2.70 bits per heavy atom. The van der Waals surface area contributed by atoms with Crippen molar-refractivity contribution in [2.24, 2.45) is 23.5 Å². The molecule has 2 aliphatic carbocycles. The van der Waals surface area contributed by atoms with Gasteiger partial charge in [-0.1, -0.05) is 13.8 Å². The average Bonchev–Trinajstić information content (AvgIpc) is 3.12. The lowest BCUT2D eigenvalue weighted by Gasteiger charge is -2.27. The SMILES string of the molecule is CC(C)c1nncn1CCNC(=O)C1C2CCC(C2)C1N.Cl.Cl. The van der Waals surface area contributed by atoms with Gasteiger partial charge >= 0.3 is 0 Å². The van der Waals surface area contributed by atoms with E-state index in [0.717, 1.165) is 12.2 Å². The summed E-state index contributed by atoms with van der Waals surface area (Å²) < 4.78 is 2.01. The van der Waals surface area contributed by atoms with Crippen LogP contribution in [0.5, 0.6) is 0 Å². The van der Waals surface area contributed by atoms with Crippen LogP contribution in [0.1, 0.15) is 44.9 Å². The molecule has 23 heavy (non-hydrogen) atoms. The molecule has 1 heterocycles. The van der Waals surface area contributed by atoms with Gasteiger partial charge in [-0.25, -0.2) is 0 Å². The number of nitrogens with two attached hydrogens (primary N) is 1. The lowest BCUT2D eigenvalue weighted by molar-refractivity contribution is -0.127. The first-order chi connectivity index (χ1) is 10.1. The van der Waals surface area contributed by atoms with E-state index in [1.165, 1.54) is 12.8 Å². The number of halogens is 2. The van der Waals surface area contributed by atoms with E-state index < -0.39 is 0 Å². The maximum Gasteiger partial charge on any atom is 0.225 e. The Balaban J connectivity index is 0.00000132. The fraction of sp³-hybridized carbons (Fsp3) is 0.800. The topological polar surface area (TPSA) is 85.8 Å². The van der Waals surface area contributed by atoms with Gasteiger partial charge in [-0.3, -0.25) is 4.79 Å². The molecule has 3 N–H and O–H groups in total. The number of carbonyl (C=O) groups is 1. The quantitative estimate of drug-likeness (QED) is 0.833. The number of aromatic nitrogens is 3. The highest BCUT2D eigenvalue weighted by atomic mass is 35.5. The maximum absolute atomic E-state index is 12.4. The molecule has 2 aliphatic rings. The first-order valence-electron chi connectivity index (χ1n) is 7.99. The molecule has 0 radical (unpaired) electrons. The molecule has 2 saturated carbocycles. The molecule has 1 aromatic rings. The lowest BCUT2D eigenvalue weighted by atomic mass is 9.84. The van der Waals surface area contributed by atoms with E-state index >= 15 is 0 Å². The van der Waals surface area contributed by atoms with Crippen LogP contribution in [0.3, 0.4) is 0 Å². The van der Waals surface area contributed by atoms with Crippen molar-refractivity contribution in [3.8, 4) is 0 Å². The van der Waals surface area contributed by atoms with Crippen molar-refractivity contribution in [2.45, 2.75) is 51.6 Å². The molecule has 4 atom stereocenters. The van der Waals surface area contributed by atoms with E-state index in [1.54, 1.807) is 6.33 Å². The summed E-state index contributed by atoms with van der Waals surface area (Å²) in [6.45, 7) is 5.50. The van der Waals surface area contributed by atoms with Crippen LogP contribution in [0.25, 0.3) is 0 Å². The van der Waals surface area contributed by atoms with Gasteiger partial charge in [0.2, 0.25) is 5.91 Å². The van der Waals surface area contributed by atoms with Gasteiger partial charge in [-0.2, -0.15) is 0 Å². The zero-order valence-corrected chi connectivity index (χ0v) is 15.3. The van der Waals surface area contributed by atoms with E-state index in [2.05, 4.69) is 29.4 Å². The smallest absolute Gasteiger partial charge is 0.225 e. The zero-order chi connectivity index (χ0) is 15.0. The predicted octanol–water partition coefficient (Wildman–Crippen LogP) is 1.73. The van der Waals surface area contributed by atoms with Gasteiger partial charge in [0.1, 0.15) is 12.2 Å². The molecule has 2 fully saturated rings. The summed E-state index contributed by atoms with van der Waals surface area (Å²) in [7, 11) is 0.